The predicted octanol–water partition coefficient (Wildman–Crippen LogP) is 0.363. The number of nitrogens with one attached hydrogen (secondary N) is 2. The van der Waals surface area contributed by atoms with Gasteiger partial charge >= 0.3 is 6.03 Å². The lowest BCUT2D eigenvalue weighted by atomic mass is 10.1. The van der Waals surface area contributed by atoms with Gasteiger partial charge < -0.3 is 21.5 Å². The molecule has 0 radical (unpaired) electrons. The molecule has 0 bridgehead atoms. The third-order valence-electron chi connectivity index (χ3n) is 2.37. The Balaban J connectivity index is 0.00000232. The lowest BCUT2D eigenvalue weighted by Gasteiger charge is -2.06. The normalized spacial score (nSPS) is 9.70. The summed E-state index contributed by atoms with van der Waals surface area (Å²) in [6.45, 7) is 4.58. The van der Waals surface area contributed by atoms with Crippen LogP contribution in [0.5, 0.6) is 5.75 Å². The van der Waals surface area contributed by atoms with Crippen LogP contribution in [0.15, 0.2) is 29.4 Å². The SMILES string of the molecule is CC.NC/C=N/NC(=O)NCCc1ccc(OCC(N)=O)cc1. The Hall–Kier alpha value is -2.61. The standard InChI is InChI=1S/C13H19N5O3.C2H6/c14-6-8-17-18-13(20)16-7-5-10-1-3-11(4-2-10)21-9-12(15)19;1-2/h1-4,8H,5-7,9,14H2,(H2,15,19)(H2,16,18,20);1-2H3/b17-8+;. The number of carbonyl (C=O) groups is 2. The van der Waals surface area contributed by atoms with Crippen molar-refractivity contribution in [1.29, 1.82) is 0 Å². The molecule has 8 nitrogen and oxygen atoms in total. The molecule has 0 unspecified atom stereocenters. The van der Waals surface area contributed by atoms with E-state index < -0.39 is 5.91 Å². The molecule has 1 aromatic rings. The summed E-state index contributed by atoms with van der Waals surface area (Å²) in [5, 5.41) is 6.24. The van der Waals surface area contributed by atoms with Gasteiger partial charge in [0, 0.05) is 19.3 Å². The first-order valence-corrected chi connectivity index (χ1v) is 7.37. The van der Waals surface area contributed by atoms with Crippen molar-refractivity contribution in [3.8, 4) is 5.75 Å². The number of benzene rings is 1. The van der Waals surface area contributed by atoms with Crippen LogP contribution in [0.4, 0.5) is 4.79 Å². The molecule has 0 aliphatic heterocycles. The fourth-order valence-electron chi connectivity index (χ4n) is 1.42. The predicted molar refractivity (Wildman–Crippen MR) is 90.3 cm³/mol. The van der Waals surface area contributed by atoms with E-state index in [1.165, 1.54) is 6.21 Å². The molecule has 1 rings (SSSR count). The van der Waals surface area contributed by atoms with Gasteiger partial charge in [-0.05, 0) is 24.1 Å². The highest BCUT2D eigenvalue weighted by molar-refractivity contribution is 5.75. The summed E-state index contributed by atoms with van der Waals surface area (Å²) in [6.07, 6.45) is 2.05. The van der Waals surface area contributed by atoms with Crippen LogP contribution in [-0.4, -0.2) is 37.8 Å². The van der Waals surface area contributed by atoms with E-state index >= 15 is 0 Å². The zero-order valence-electron chi connectivity index (χ0n) is 13.5. The molecule has 0 heterocycles. The van der Waals surface area contributed by atoms with E-state index in [0.29, 0.717) is 18.7 Å². The molecule has 3 amide bonds. The van der Waals surface area contributed by atoms with Gasteiger partial charge in [-0.2, -0.15) is 5.10 Å². The third-order valence-corrected chi connectivity index (χ3v) is 2.37. The maximum Gasteiger partial charge on any atom is 0.335 e. The van der Waals surface area contributed by atoms with Crippen LogP contribution in [0.25, 0.3) is 0 Å². The van der Waals surface area contributed by atoms with Gasteiger partial charge in [0.05, 0.1) is 0 Å². The highest BCUT2D eigenvalue weighted by Gasteiger charge is 2.00. The minimum atomic E-state index is -0.522. The number of hydrogen-bond acceptors (Lipinski definition) is 5. The van der Waals surface area contributed by atoms with Gasteiger partial charge in [0.2, 0.25) is 0 Å². The monoisotopic (exact) mass is 323 g/mol. The first kappa shape index (κ1) is 20.4. The molecule has 1 aromatic carbocycles. The third kappa shape index (κ3) is 10.7. The highest BCUT2D eigenvalue weighted by Crippen LogP contribution is 2.12. The molecule has 0 aliphatic carbocycles. The number of rotatable bonds is 8. The number of nitrogens with two attached hydrogens (primary N) is 2. The van der Waals surface area contributed by atoms with Gasteiger partial charge in [0.1, 0.15) is 5.75 Å². The molecule has 0 saturated carbocycles. The van der Waals surface area contributed by atoms with Gasteiger partial charge in [0.15, 0.2) is 6.61 Å². The molecule has 0 atom stereocenters. The van der Waals surface area contributed by atoms with E-state index in [0.717, 1.165) is 5.56 Å². The summed E-state index contributed by atoms with van der Waals surface area (Å²) in [5.74, 6) is 0.0472. The van der Waals surface area contributed by atoms with Crippen molar-refractivity contribution >= 4 is 18.2 Å². The zero-order chi connectivity index (χ0) is 17.5. The smallest absolute Gasteiger partial charge is 0.335 e. The number of amides is 3. The number of nitrogens with zero attached hydrogens (tertiary/aromatic N) is 1. The molecular weight excluding hydrogens is 298 g/mol. The average Bonchev–Trinajstić information content (AvgIpc) is 2.56. The number of ether oxygens (including phenoxy) is 1. The summed E-state index contributed by atoms with van der Waals surface area (Å²) in [5.41, 5.74) is 13.5. The second kappa shape index (κ2) is 13.1. The molecule has 0 saturated heterocycles. The maximum absolute atomic E-state index is 11.3. The largest absolute Gasteiger partial charge is 0.484 e. The summed E-state index contributed by atoms with van der Waals surface area (Å²) in [6, 6.07) is 6.79. The van der Waals surface area contributed by atoms with Gasteiger partial charge in [0.25, 0.3) is 5.91 Å². The second-order valence-corrected chi connectivity index (χ2v) is 4.06. The molecule has 8 heteroatoms. The first-order chi connectivity index (χ1) is 11.1. The Morgan fingerprint density at radius 2 is 1.91 bits per heavy atom. The summed E-state index contributed by atoms with van der Waals surface area (Å²) in [4.78, 5) is 21.8. The average molecular weight is 323 g/mol. The molecule has 0 spiro atoms. The Morgan fingerprint density at radius 3 is 2.48 bits per heavy atom. The Morgan fingerprint density at radius 1 is 1.26 bits per heavy atom. The summed E-state index contributed by atoms with van der Waals surface area (Å²) < 4.78 is 5.14. The lowest BCUT2D eigenvalue weighted by Crippen LogP contribution is -2.33. The van der Waals surface area contributed by atoms with Crippen LogP contribution in [0, 0.1) is 0 Å². The van der Waals surface area contributed by atoms with E-state index in [1.807, 2.05) is 26.0 Å². The van der Waals surface area contributed by atoms with Crippen molar-refractivity contribution < 1.29 is 14.3 Å². The van der Waals surface area contributed by atoms with Crippen LogP contribution < -0.4 is 26.9 Å². The van der Waals surface area contributed by atoms with E-state index in [2.05, 4.69) is 15.8 Å². The lowest BCUT2D eigenvalue weighted by molar-refractivity contribution is -0.119. The zero-order valence-corrected chi connectivity index (χ0v) is 13.5. The number of primary amides is 1. The molecule has 0 aromatic heterocycles. The van der Waals surface area contributed by atoms with E-state index in [4.69, 9.17) is 16.2 Å². The number of urea groups is 1. The van der Waals surface area contributed by atoms with Crippen LogP contribution in [-0.2, 0) is 11.2 Å². The molecule has 0 fully saturated rings. The van der Waals surface area contributed by atoms with Gasteiger partial charge in [-0.1, -0.05) is 26.0 Å². The van der Waals surface area contributed by atoms with E-state index in [-0.39, 0.29) is 19.2 Å². The second-order valence-electron chi connectivity index (χ2n) is 4.06. The van der Waals surface area contributed by atoms with Crippen molar-refractivity contribution in [3.05, 3.63) is 29.8 Å². The fourth-order valence-corrected chi connectivity index (χ4v) is 1.42. The van der Waals surface area contributed by atoms with E-state index in [1.54, 1.807) is 12.1 Å². The quantitative estimate of drug-likeness (QED) is 0.406. The van der Waals surface area contributed by atoms with Crippen molar-refractivity contribution in [2.24, 2.45) is 16.6 Å². The van der Waals surface area contributed by atoms with Crippen molar-refractivity contribution in [3.63, 3.8) is 0 Å². The number of carbonyl (C=O) groups excluding carboxylic acids is 2. The van der Waals surface area contributed by atoms with Crippen LogP contribution in [0.3, 0.4) is 0 Å². The first-order valence-electron chi connectivity index (χ1n) is 7.37. The topological polar surface area (TPSA) is 132 Å². The van der Waals surface area contributed by atoms with Crippen molar-refractivity contribution in [2.75, 3.05) is 19.7 Å². The van der Waals surface area contributed by atoms with Gasteiger partial charge in [-0.25, -0.2) is 10.2 Å². The Kier molecular flexibility index (Phi) is 11.6. The summed E-state index contributed by atoms with van der Waals surface area (Å²) in [7, 11) is 0. The van der Waals surface area contributed by atoms with Crippen molar-refractivity contribution in [1.82, 2.24) is 10.7 Å². The molecule has 128 valence electrons. The summed E-state index contributed by atoms with van der Waals surface area (Å²) >= 11 is 0. The van der Waals surface area contributed by atoms with Crippen molar-refractivity contribution in [2.45, 2.75) is 20.3 Å². The Bertz CT molecular complexity index is 488. The van der Waals surface area contributed by atoms with Gasteiger partial charge in [-0.15, -0.1) is 0 Å². The number of hydrazone groups is 1. The van der Waals surface area contributed by atoms with Crippen LogP contribution >= 0.6 is 0 Å². The van der Waals surface area contributed by atoms with Crippen LogP contribution in [0.2, 0.25) is 0 Å². The highest BCUT2D eigenvalue weighted by atomic mass is 16.5. The molecule has 6 N–H and O–H groups in total. The fraction of sp³-hybridized carbons (Fsp3) is 0.400. The van der Waals surface area contributed by atoms with Gasteiger partial charge in [-0.3, -0.25) is 4.79 Å². The molecule has 23 heavy (non-hydrogen) atoms. The minimum Gasteiger partial charge on any atom is -0.484 e. The minimum absolute atomic E-state index is 0.148. The molecule has 0 aliphatic rings. The molecular formula is C15H25N5O3. The Labute approximate surface area is 136 Å². The number of hydrogen-bond donors (Lipinski definition) is 4. The van der Waals surface area contributed by atoms with E-state index in [9.17, 15) is 9.59 Å². The van der Waals surface area contributed by atoms with Crippen LogP contribution in [0.1, 0.15) is 19.4 Å². The maximum atomic E-state index is 11.3.